The number of nitrogens with two attached hydrogens (primary N) is 1. The second-order valence-electron chi connectivity index (χ2n) is 4.22. The molecule has 0 unspecified atom stereocenters. The van der Waals surface area contributed by atoms with Gasteiger partial charge < -0.3 is 5.73 Å². The Morgan fingerprint density at radius 1 is 1.27 bits per heavy atom. The van der Waals surface area contributed by atoms with Crippen molar-refractivity contribution in [3.63, 3.8) is 0 Å². The molecule has 64 valence electrons. The minimum Gasteiger partial charge on any atom is -0.330 e. The zero-order chi connectivity index (χ0) is 8.11. The van der Waals surface area contributed by atoms with E-state index in [-0.39, 0.29) is 18.3 Å². The van der Waals surface area contributed by atoms with Crippen LogP contribution in [0.2, 0.25) is 0 Å². The number of hydrogen-bond donors (Lipinski definition) is 1. The highest BCUT2D eigenvalue weighted by Crippen LogP contribution is 2.64. The van der Waals surface area contributed by atoms with E-state index in [0.717, 1.165) is 12.8 Å². The number of rotatable bonds is 1. The lowest BCUT2D eigenvalue weighted by molar-refractivity contribution is -0.205. The second-order valence-corrected chi connectivity index (χ2v) is 4.22. The Balaban J connectivity index is 1.83. The first kappa shape index (κ1) is 7.47. The molecule has 0 aromatic carbocycles. The molecule has 2 saturated carbocycles. The predicted molar refractivity (Wildman–Crippen MR) is 38.4 cm³/mol. The Hall–Kier alpha value is -0.180. The highest BCUT2D eigenvalue weighted by Gasteiger charge is 2.61. The largest absolute Gasteiger partial charge is 0.330 e. The summed E-state index contributed by atoms with van der Waals surface area (Å²) in [4.78, 5) is 0. The van der Waals surface area contributed by atoms with Gasteiger partial charge in [-0.2, -0.15) is 0 Å². The third-order valence-corrected chi connectivity index (χ3v) is 3.04. The molecule has 2 aliphatic rings. The fraction of sp³-hybridized carbons (Fsp3) is 1.00. The van der Waals surface area contributed by atoms with Gasteiger partial charge in [-0.15, -0.1) is 0 Å². The third kappa shape index (κ3) is 1.06. The molecule has 0 saturated heterocycles. The molecule has 0 radical (unpaired) electrons. The van der Waals surface area contributed by atoms with Gasteiger partial charge in [0.05, 0.1) is 0 Å². The molecule has 2 N–H and O–H groups in total. The van der Waals surface area contributed by atoms with Crippen molar-refractivity contribution >= 4 is 0 Å². The minimum atomic E-state index is -2.35. The van der Waals surface area contributed by atoms with Crippen LogP contribution in [0.5, 0.6) is 0 Å². The SMILES string of the molecule is NCC1CC2(C1)CC(F)(F)C2. The van der Waals surface area contributed by atoms with Crippen molar-refractivity contribution in [3.05, 3.63) is 0 Å². The van der Waals surface area contributed by atoms with Gasteiger partial charge in [0.15, 0.2) is 0 Å². The fourth-order valence-electron chi connectivity index (χ4n) is 2.67. The maximum absolute atomic E-state index is 12.5. The number of hydrogen-bond acceptors (Lipinski definition) is 1. The van der Waals surface area contributed by atoms with Crippen LogP contribution in [-0.2, 0) is 0 Å². The van der Waals surface area contributed by atoms with Crippen molar-refractivity contribution in [1.29, 1.82) is 0 Å². The van der Waals surface area contributed by atoms with Crippen LogP contribution < -0.4 is 5.73 Å². The van der Waals surface area contributed by atoms with Crippen LogP contribution in [0.25, 0.3) is 0 Å². The van der Waals surface area contributed by atoms with Gasteiger partial charge >= 0.3 is 0 Å². The fourth-order valence-corrected chi connectivity index (χ4v) is 2.67. The number of halogens is 2. The Bertz CT molecular complexity index is 163. The van der Waals surface area contributed by atoms with Crippen LogP contribution in [0, 0.1) is 11.3 Å². The third-order valence-electron chi connectivity index (χ3n) is 3.04. The van der Waals surface area contributed by atoms with Crippen LogP contribution in [0.3, 0.4) is 0 Å². The van der Waals surface area contributed by atoms with E-state index in [1.165, 1.54) is 0 Å². The van der Waals surface area contributed by atoms with Crippen LogP contribution in [-0.4, -0.2) is 12.5 Å². The van der Waals surface area contributed by atoms with E-state index in [2.05, 4.69) is 0 Å². The monoisotopic (exact) mass is 161 g/mol. The summed E-state index contributed by atoms with van der Waals surface area (Å²) in [7, 11) is 0. The van der Waals surface area contributed by atoms with E-state index in [1.54, 1.807) is 0 Å². The zero-order valence-corrected chi connectivity index (χ0v) is 6.45. The summed E-state index contributed by atoms with van der Waals surface area (Å²) < 4.78 is 24.9. The molecule has 0 aromatic rings. The smallest absolute Gasteiger partial charge is 0.249 e. The van der Waals surface area contributed by atoms with E-state index < -0.39 is 5.92 Å². The van der Waals surface area contributed by atoms with Crippen molar-refractivity contribution in [3.8, 4) is 0 Å². The van der Waals surface area contributed by atoms with Crippen LogP contribution in [0.4, 0.5) is 8.78 Å². The molecule has 3 heteroatoms. The minimum absolute atomic E-state index is 0.0214. The van der Waals surface area contributed by atoms with E-state index in [1.807, 2.05) is 0 Å². The quantitative estimate of drug-likeness (QED) is 0.623. The van der Waals surface area contributed by atoms with Gasteiger partial charge in [0.2, 0.25) is 5.92 Å². The molecular formula is C8H13F2N. The van der Waals surface area contributed by atoms with E-state index in [9.17, 15) is 8.78 Å². The van der Waals surface area contributed by atoms with E-state index >= 15 is 0 Å². The van der Waals surface area contributed by atoms with Crippen LogP contribution in [0.15, 0.2) is 0 Å². The lowest BCUT2D eigenvalue weighted by Crippen LogP contribution is -2.54. The summed E-state index contributed by atoms with van der Waals surface area (Å²) in [6.07, 6.45) is 2.13. The Kier molecular flexibility index (Phi) is 1.32. The van der Waals surface area contributed by atoms with Crippen molar-refractivity contribution in [2.24, 2.45) is 17.1 Å². The lowest BCUT2D eigenvalue weighted by atomic mass is 9.50. The summed E-state index contributed by atoms with van der Waals surface area (Å²) in [6.45, 7) is 0.674. The molecule has 0 heterocycles. The summed E-state index contributed by atoms with van der Waals surface area (Å²) in [5, 5.41) is 0. The molecule has 0 atom stereocenters. The Morgan fingerprint density at radius 3 is 2.18 bits per heavy atom. The second kappa shape index (κ2) is 1.94. The molecule has 2 rings (SSSR count). The molecule has 0 bridgehead atoms. The lowest BCUT2D eigenvalue weighted by Gasteiger charge is -2.57. The van der Waals surface area contributed by atoms with Crippen LogP contribution in [0.1, 0.15) is 25.7 Å². The molecule has 0 aromatic heterocycles. The van der Waals surface area contributed by atoms with E-state index in [4.69, 9.17) is 5.73 Å². The van der Waals surface area contributed by atoms with Gasteiger partial charge in [0, 0.05) is 12.8 Å². The molecule has 1 nitrogen and oxygen atoms in total. The average Bonchev–Trinajstić information content (AvgIpc) is 1.75. The average molecular weight is 161 g/mol. The van der Waals surface area contributed by atoms with Crippen molar-refractivity contribution < 1.29 is 8.78 Å². The summed E-state index contributed by atoms with van der Waals surface area (Å²) in [6, 6.07) is 0. The molecule has 0 aliphatic heterocycles. The summed E-state index contributed by atoms with van der Waals surface area (Å²) in [5.74, 6) is -1.81. The van der Waals surface area contributed by atoms with Gasteiger partial charge in [-0.3, -0.25) is 0 Å². The molecule has 1 spiro atoms. The van der Waals surface area contributed by atoms with Crippen molar-refractivity contribution in [2.45, 2.75) is 31.6 Å². The van der Waals surface area contributed by atoms with Gasteiger partial charge in [0.1, 0.15) is 0 Å². The standard InChI is InChI=1S/C8H13F2N/c9-8(10)4-7(5-8)1-6(2-7)3-11/h6H,1-5,11H2. The molecular weight excluding hydrogens is 148 g/mol. The predicted octanol–water partition coefficient (Wildman–Crippen LogP) is 1.77. The Morgan fingerprint density at radius 2 is 1.82 bits per heavy atom. The molecule has 0 amide bonds. The highest BCUT2D eigenvalue weighted by molar-refractivity contribution is 5.06. The summed E-state index contributed by atoms with van der Waals surface area (Å²) in [5.41, 5.74) is 5.44. The number of alkyl halides is 2. The van der Waals surface area contributed by atoms with E-state index in [0.29, 0.717) is 12.5 Å². The van der Waals surface area contributed by atoms with Gasteiger partial charge in [0.25, 0.3) is 0 Å². The maximum Gasteiger partial charge on any atom is 0.249 e. The van der Waals surface area contributed by atoms with Gasteiger partial charge in [-0.1, -0.05) is 0 Å². The first-order chi connectivity index (χ1) is 5.05. The van der Waals surface area contributed by atoms with Crippen molar-refractivity contribution in [1.82, 2.24) is 0 Å². The first-order valence-electron chi connectivity index (χ1n) is 4.13. The van der Waals surface area contributed by atoms with Crippen LogP contribution >= 0.6 is 0 Å². The van der Waals surface area contributed by atoms with Gasteiger partial charge in [-0.25, -0.2) is 8.78 Å². The Labute approximate surface area is 65.0 Å². The highest BCUT2D eigenvalue weighted by atomic mass is 19.3. The normalized spacial score (nSPS) is 33.0. The zero-order valence-electron chi connectivity index (χ0n) is 6.45. The topological polar surface area (TPSA) is 26.0 Å². The molecule has 2 fully saturated rings. The van der Waals surface area contributed by atoms with Gasteiger partial charge in [-0.05, 0) is 30.7 Å². The maximum atomic E-state index is 12.5. The first-order valence-corrected chi connectivity index (χ1v) is 4.13. The molecule has 11 heavy (non-hydrogen) atoms. The van der Waals surface area contributed by atoms with Crippen molar-refractivity contribution in [2.75, 3.05) is 6.54 Å². The molecule has 2 aliphatic carbocycles. The summed E-state index contributed by atoms with van der Waals surface area (Å²) >= 11 is 0.